The van der Waals surface area contributed by atoms with Crippen molar-refractivity contribution in [2.45, 2.75) is 52.0 Å². The Kier molecular flexibility index (Phi) is 5.94. The summed E-state index contributed by atoms with van der Waals surface area (Å²) >= 11 is 0. The van der Waals surface area contributed by atoms with Crippen LogP contribution in [0.5, 0.6) is 0 Å². The van der Waals surface area contributed by atoms with Crippen LogP contribution in [0.15, 0.2) is 0 Å². The molecule has 1 atom stereocenters. The van der Waals surface area contributed by atoms with Crippen molar-refractivity contribution in [2.75, 3.05) is 26.2 Å². The fraction of sp³-hybridized carbons (Fsp3) is 0.929. The van der Waals surface area contributed by atoms with E-state index in [4.69, 9.17) is 0 Å². The van der Waals surface area contributed by atoms with Crippen molar-refractivity contribution in [1.82, 2.24) is 10.2 Å². The smallest absolute Gasteiger partial charge is 0.122 e. The van der Waals surface area contributed by atoms with E-state index in [2.05, 4.69) is 37.1 Å². The third-order valence-electron chi connectivity index (χ3n) is 3.62. The van der Waals surface area contributed by atoms with Gasteiger partial charge in [-0.05, 0) is 51.2 Å². The van der Waals surface area contributed by atoms with Crippen molar-refractivity contribution in [2.24, 2.45) is 5.92 Å². The molecule has 1 N–H and O–H groups in total. The molecule has 17 heavy (non-hydrogen) atoms. The van der Waals surface area contributed by atoms with Gasteiger partial charge in [0.05, 0.1) is 6.07 Å². The molecule has 1 rings (SSSR count). The van der Waals surface area contributed by atoms with E-state index in [1.165, 1.54) is 12.8 Å². The number of hydrogen-bond donors (Lipinski definition) is 1. The Hall–Kier alpha value is -0.590. The summed E-state index contributed by atoms with van der Waals surface area (Å²) in [5, 5.41) is 13.1. The van der Waals surface area contributed by atoms with E-state index in [0.29, 0.717) is 5.92 Å². The van der Waals surface area contributed by atoms with E-state index in [9.17, 15) is 5.26 Å². The van der Waals surface area contributed by atoms with Crippen LogP contribution >= 0.6 is 0 Å². The van der Waals surface area contributed by atoms with E-state index in [1.807, 2.05) is 0 Å². The zero-order valence-corrected chi connectivity index (χ0v) is 11.6. The molecule has 98 valence electrons. The lowest BCUT2D eigenvalue weighted by atomic mass is 9.93. The van der Waals surface area contributed by atoms with E-state index in [-0.39, 0.29) is 5.54 Å². The molecule has 1 aliphatic carbocycles. The van der Waals surface area contributed by atoms with Gasteiger partial charge in [-0.25, -0.2) is 0 Å². The Labute approximate surface area is 106 Å². The number of nitriles is 1. The molecule has 0 aromatic heterocycles. The molecule has 1 fully saturated rings. The third kappa shape index (κ3) is 3.97. The number of rotatable bonds is 9. The summed E-state index contributed by atoms with van der Waals surface area (Å²) in [6.45, 7) is 10.5. The summed E-state index contributed by atoms with van der Waals surface area (Å²) in [7, 11) is 0. The van der Waals surface area contributed by atoms with E-state index in [1.54, 1.807) is 0 Å². The number of nitrogens with one attached hydrogen (secondary N) is 1. The summed E-state index contributed by atoms with van der Waals surface area (Å²) in [6, 6.07) is 2.58. The first-order chi connectivity index (χ1) is 8.22. The topological polar surface area (TPSA) is 39.1 Å². The van der Waals surface area contributed by atoms with Crippen molar-refractivity contribution in [1.29, 1.82) is 5.26 Å². The van der Waals surface area contributed by atoms with Crippen molar-refractivity contribution >= 4 is 0 Å². The maximum absolute atomic E-state index is 9.59. The average Bonchev–Trinajstić information content (AvgIpc) is 3.18. The summed E-state index contributed by atoms with van der Waals surface area (Å²) in [5.41, 5.74) is -0.290. The van der Waals surface area contributed by atoms with Crippen LogP contribution in [0.1, 0.15) is 46.5 Å². The Bertz CT molecular complexity index is 255. The van der Waals surface area contributed by atoms with Crippen LogP contribution in [0.3, 0.4) is 0 Å². The van der Waals surface area contributed by atoms with Crippen molar-refractivity contribution in [3.63, 3.8) is 0 Å². The molecule has 1 unspecified atom stereocenters. The Morgan fingerprint density at radius 2 is 2.00 bits per heavy atom. The lowest BCUT2D eigenvalue weighted by Crippen LogP contribution is -2.54. The van der Waals surface area contributed by atoms with Crippen LogP contribution in [-0.2, 0) is 0 Å². The molecular formula is C14H27N3. The zero-order valence-electron chi connectivity index (χ0n) is 11.6. The normalized spacial score (nSPS) is 19.0. The minimum Gasteiger partial charge on any atom is -0.301 e. The van der Waals surface area contributed by atoms with Crippen molar-refractivity contribution in [3.8, 4) is 6.07 Å². The van der Waals surface area contributed by atoms with Gasteiger partial charge in [0.25, 0.3) is 0 Å². The molecule has 1 aliphatic rings. The largest absolute Gasteiger partial charge is 0.301 e. The fourth-order valence-corrected chi connectivity index (χ4v) is 2.44. The molecule has 0 aromatic carbocycles. The van der Waals surface area contributed by atoms with Gasteiger partial charge in [0.1, 0.15) is 5.54 Å². The molecule has 0 aromatic rings. The molecule has 0 bridgehead atoms. The number of likely N-dealkylation sites (N-methyl/N-ethyl adjacent to an activating group) is 1. The summed E-state index contributed by atoms with van der Waals surface area (Å²) < 4.78 is 0. The second kappa shape index (κ2) is 6.98. The monoisotopic (exact) mass is 237 g/mol. The van der Waals surface area contributed by atoms with E-state index in [0.717, 1.165) is 39.0 Å². The second-order valence-corrected chi connectivity index (χ2v) is 5.15. The first kappa shape index (κ1) is 14.5. The van der Waals surface area contributed by atoms with Gasteiger partial charge in [-0.2, -0.15) is 5.26 Å². The molecule has 3 nitrogen and oxygen atoms in total. The number of hydrogen-bond acceptors (Lipinski definition) is 3. The van der Waals surface area contributed by atoms with Crippen LogP contribution in [0.4, 0.5) is 0 Å². The second-order valence-electron chi connectivity index (χ2n) is 5.15. The Balaban J connectivity index is 2.64. The fourth-order valence-electron chi connectivity index (χ4n) is 2.44. The molecule has 0 spiro atoms. The minimum atomic E-state index is -0.290. The van der Waals surface area contributed by atoms with Crippen molar-refractivity contribution < 1.29 is 0 Å². The van der Waals surface area contributed by atoms with Gasteiger partial charge in [0.2, 0.25) is 0 Å². The van der Waals surface area contributed by atoms with Gasteiger partial charge in [-0.1, -0.05) is 20.8 Å². The Morgan fingerprint density at radius 1 is 1.29 bits per heavy atom. The molecular weight excluding hydrogens is 210 g/mol. The number of nitrogens with zero attached hydrogens (tertiary/aromatic N) is 2. The van der Waals surface area contributed by atoms with Crippen molar-refractivity contribution in [3.05, 3.63) is 0 Å². The predicted molar refractivity (Wildman–Crippen MR) is 71.8 cm³/mol. The van der Waals surface area contributed by atoms with Crippen LogP contribution < -0.4 is 5.32 Å². The van der Waals surface area contributed by atoms with Crippen LogP contribution in [0.25, 0.3) is 0 Å². The van der Waals surface area contributed by atoms with Crippen LogP contribution in [0, 0.1) is 17.2 Å². The molecule has 0 heterocycles. The quantitative estimate of drug-likeness (QED) is 0.669. The average molecular weight is 237 g/mol. The molecule has 0 aliphatic heterocycles. The Morgan fingerprint density at radius 3 is 2.41 bits per heavy atom. The summed E-state index contributed by atoms with van der Waals surface area (Å²) in [4.78, 5) is 2.41. The first-order valence-corrected chi connectivity index (χ1v) is 7.11. The highest BCUT2D eigenvalue weighted by atomic mass is 15.2. The lowest BCUT2D eigenvalue weighted by Gasteiger charge is -2.34. The minimum absolute atomic E-state index is 0.290. The predicted octanol–water partition coefficient (Wildman–Crippen LogP) is 2.39. The van der Waals surface area contributed by atoms with Gasteiger partial charge < -0.3 is 4.90 Å². The van der Waals surface area contributed by atoms with E-state index >= 15 is 0 Å². The third-order valence-corrected chi connectivity index (χ3v) is 3.62. The van der Waals surface area contributed by atoms with Crippen LogP contribution in [0.2, 0.25) is 0 Å². The summed E-state index contributed by atoms with van der Waals surface area (Å²) in [5.74, 6) is 0.574. The SMILES string of the molecule is CCCNC(C#N)(CN(CC)CCC)C1CC1. The molecule has 3 heteroatoms. The molecule has 0 saturated heterocycles. The van der Waals surface area contributed by atoms with Gasteiger partial charge in [-0.15, -0.1) is 0 Å². The van der Waals surface area contributed by atoms with Gasteiger partial charge >= 0.3 is 0 Å². The maximum Gasteiger partial charge on any atom is 0.122 e. The highest BCUT2D eigenvalue weighted by molar-refractivity contribution is 5.16. The standard InChI is InChI=1S/C14H27N3/c1-4-9-16-14(11-15,13-7-8-13)12-17(6-3)10-5-2/h13,16H,4-10,12H2,1-3H3. The summed E-state index contributed by atoms with van der Waals surface area (Å²) in [6.07, 6.45) is 4.69. The highest BCUT2D eigenvalue weighted by Gasteiger charge is 2.46. The lowest BCUT2D eigenvalue weighted by molar-refractivity contribution is 0.203. The maximum atomic E-state index is 9.59. The van der Waals surface area contributed by atoms with E-state index < -0.39 is 0 Å². The van der Waals surface area contributed by atoms with Crippen LogP contribution in [-0.4, -0.2) is 36.6 Å². The first-order valence-electron chi connectivity index (χ1n) is 7.11. The molecule has 0 amide bonds. The molecule has 0 radical (unpaired) electrons. The van der Waals surface area contributed by atoms with Gasteiger partial charge in [-0.3, -0.25) is 5.32 Å². The van der Waals surface area contributed by atoms with Gasteiger partial charge in [0, 0.05) is 6.54 Å². The van der Waals surface area contributed by atoms with Gasteiger partial charge in [0.15, 0.2) is 0 Å². The zero-order chi connectivity index (χ0) is 12.7. The highest BCUT2D eigenvalue weighted by Crippen LogP contribution is 2.40. The molecule has 1 saturated carbocycles.